The van der Waals surface area contributed by atoms with Crippen molar-refractivity contribution >= 4 is 5.91 Å². The highest BCUT2D eigenvalue weighted by molar-refractivity contribution is 5.75. The van der Waals surface area contributed by atoms with Crippen molar-refractivity contribution in [1.82, 2.24) is 15.1 Å². The number of nitrogens with one attached hydrogen (secondary N) is 1. The molecule has 0 radical (unpaired) electrons. The molecule has 4 heteroatoms. The monoisotopic (exact) mass is 371 g/mol. The number of aryl methyl sites for hydroxylation is 1. The quantitative estimate of drug-likeness (QED) is 0.710. The number of nitrogens with zero attached hydrogens (tertiary/aromatic N) is 2. The maximum Gasteiger partial charge on any atom is 0.220 e. The van der Waals surface area contributed by atoms with Crippen LogP contribution in [0, 0.1) is 5.92 Å². The average Bonchev–Trinajstić information content (AvgIpc) is 3.26. The Kier molecular flexibility index (Phi) is 4.47. The van der Waals surface area contributed by atoms with Crippen LogP contribution in [0.3, 0.4) is 0 Å². The van der Waals surface area contributed by atoms with E-state index in [-0.39, 0.29) is 5.91 Å². The highest BCUT2D eigenvalue weighted by Crippen LogP contribution is 2.55. The number of aromatic nitrogens is 2. The summed E-state index contributed by atoms with van der Waals surface area (Å²) in [7, 11) is 0. The van der Waals surface area contributed by atoms with Gasteiger partial charge in [-0.3, -0.25) is 9.48 Å². The van der Waals surface area contributed by atoms with Crippen LogP contribution in [0.4, 0.5) is 0 Å². The van der Waals surface area contributed by atoms with Crippen LogP contribution in [0.2, 0.25) is 0 Å². The van der Waals surface area contributed by atoms with Gasteiger partial charge in [0, 0.05) is 43.7 Å². The molecule has 6 rings (SSSR count). The Labute approximate surface area is 165 Å². The molecule has 1 unspecified atom stereocenters. The largest absolute Gasteiger partial charge is 0.356 e. The number of benzene rings is 2. The summed E-state index contributed by atoms with van der Waals surface area (Å²) in [6.45, 7) is 1.54. The van der Waals surface area contributed by atoms with E-state index in [4.69, 9.17) is 0 Å². The van der Waals surface area contributed by atoms with Crippen molar-refractivity contribution in [2.75, 3.05) is 6.54 Å². The molecule has 1 atom stereocenters. The first-order chi connectivity index (χ1) is 13.8. The molecule has 3 aromatic rings. The molecular weight excluding hydrogens is 346 g/mol. The lowest BCUT2D eigenvalue weighted by Crippen LogP contribution is -2.39. The van der Waals surface area contributed by atoms with Gasteiger partial charge < -0.3 is 5.32 Å². The molecule has 3 aliphatic rings. The molecule has 3 aliphatic carbocycles. The Morgan fingerprint density at radius 3 is 2.32 bits per heavy atom. The number of carbonyl (C=O) groups is 1. The number of carbonyl (C=O) groups excluding carboxylic acids is 1. The zero-order valence-corrected chi connectivity index (χ0v) is 15.9. The Hall–Kier alpha value is -2.88. The fourth-order valence-corrected chi connectivity index (χ4v) is 5.13. The number of hydrogen-bond acceptors (Lipinski definition) is 2. The summed E-state index contributed by atoms with van der Waals surface area (Å²) in [5, 5.41) is 7.40. The summed E-state index contributed by atoms with van der Waals surface area (Å²) in [6, 6.07) is 19.6. The van der Waals surface area contributed by atoms with E-state index in [2.05, 4.69) is 58.9 Å². The van der Waals surface area contributed by atoms with Gasteiger partial charge in [0.2, 0.25) is 5.91 Å². The summed E-state index contributed by atoms with van der Waals surface area (Å²) in [5.41, 5.74) is 5.87. The smallest absolute Gasteiger partial charge is 0.220 e. The lowest BCUT2D eigenvalue weighted by molar-refractivity contribution is -0.121. The number of hydrogen-bond donors (Lipinski definition) is 1. The van der Waals surface area contributed by atoms with E-state index >= 15 is 0 Å². The van der Waals surface area contributed by atoms with Gasteiger partial charge in [0.05, 0.1) is 0 Å². The molecule has 0 saturated heterocycles. The fourth-order valence-electron chi connectivity index (χ4n) is 5.13. The Bertz CT molecular complexity index is 932. The summed E-state index contributed by atoms with van der Waals surface area (Å²) in [6.07, 6.45) is 6.19. The predicted molar refractivity (Wildman–Crippen MR) is 109 cm³/mol. The van der Waals surface area contributed by atoms with Crippen LogP contribution in [0.1, 0.15) is 53.4 Å². The molecule has 2 aromatic carbocycles. The molecule has 28 heavy (non-hydrogen) atoms. The molecule has 1 aromatic heterocycles. The Morgan fingerprint density at radius 2 is 1.68 bits per heavy atom. The minimum atomic E-state index is 0.148. The van der Waals surface area contributed by atoms with Crippen LogP contribution in [-0.4, -0.2) is 22.2 Å². The van der Waals surface area contributed by atoms with Crippen LogP contribution >= 0.6 is 0 Å². The first kappa shape index (κ1) is 17.2. The molecule has 1 amide bonds. The normalized spacial score (nSPS) is 21.8. The zero-order valence-electron chi connectivity index (χ0n) is 15.9. The number of amides is 1. The Morgan fingerprint density at radius 1 is 1.00 bits per heavy atom. The highest BCUT2D eigenvalue weighted by atomic mass is 16.1. The van der Waals surface area contributed by atoms with Crippen molar-refractivity contribution in [2.24, 2.45) is 5.92 Å². The maximum atomic E-state index is 12.4. The van der Waals surface area contributed by atoms with Gasteiger partial charge in [-0.15, -0.1) is 0 Å². The molecule has 142 valence electrons. The van der Waals surface area contributed by atoms with Crippen molar-refractivity contribution in [2.45, 2.75) is 37.6 Å². The minimum absolute atomic E-state index is 0.148. The minimum Gasteiger partial charge on any atom is -0.356 e. The molecule has 0 aliphatic heterocycles. The highest BCUT2D eigenvalue weighted by Gasteiger charge is 2.42. The topological polar surface area (TPSA) is 46.9 Å². The average molecular weight is 371 g/mol. The molecule has 1 heterocycles. The van der Waals surface area contributed by atoms with E-state index in [0.29, 0.717) is 24.2 Å². The van der Waals surface area contributed by atoms with E-state index < -0.39 is 0 Å². The van der Waals surface area contributed by atoms with Crippen LogP contribution in [0.25, 0.3) is 0 Å². The van der Waals surface area contributed by atoms with Crippen molar-refractivity contribution in [3.05, 3.63) is 89.2 Å². The van der Waals surface area contributed by atoms with E-state index in [0.717, 1.165) is 25.9 Å². The number of fused-ring (bicyclic) bond motifs is 1. The van der Waals surface area contributed by atoms with Gasteiger partial charge in [0.25, 0.3) is 0 Å². The zero-order chi connectivity index (χ0) is 18.9. The predicted octanol–water partition coefficient (Wildman–Crippen LogP) is 4.08. The third-order valence-electron chi connectivity index (χ3n) is 6.33. The van der Waals surface area contributed by atoms with E-state index in [1.165, 1.54) is 22.3 Å². The first-order valence-electron chi connectivity index (χ1n) is 10.2. The van der Waals surface area contributed by atoms with E-state index in [1.807, 2.05) is 16.9 Å². The van der Waals surface area contributed by atoms with Crippen LogP contribution in [0.5, 0.6) is 0 Å². The second kappa shape index (κ2) is 7.27. The summed E-state index contributed by atoms with van der Waals surface area (Å²) in [4.78, 5) is 12.4. The molecule has 2 bridgehead atoms. The van der Waals surface area contributed by atoms with Crippen LogP contribution < -0.4 is 5.32 Å². The Balaban J connectivity index is 1.26. The van der Waals surface area contributed by atoms with Gasteiger partial charge in [-0.25, -0.2) is 0 Å². The standard InChI is InChI=1S/C24H25N3O/c28-23(11-5-13-27-14-6-12-26-27)25-16-17-15-22-18-7-1-3-9-20(18)24(17)21-10-4-2-8-19(21)22/h1-4,6-10,12,14,17,22,24H,5,11,13,15-16H2,(H,25,28). The summed E-state index contributed by atoms with van der Waals surface area (Å²) < 4.78 is 1.88. The van der Waals surface area contributed by atoms with Crippen LogP contribution in [-0.2, 0) is 11.3 Å². The summed E-state index contributed by atoms with van der Waals surface area (Å²) >= 11 is 0. The number of rotatable bonds is 6. The first-order valence-corrected chi connectivity index (χ1v) is 10.2. The van der Waals surface area contributed by atoms with Crippen molar-refractivity contribution in [1.29, 1.82) is 0 Å². The van der Waals surface area contributed by atoms with Crippen molar-refractivity contribution in [3.63, 3.8) is 0 Å². The lowest BCUT2D eigenvalue weighted by atomic mass is 9.59. The molecule has 1 N–H and O–H groups in total. The van der Waals surface area contributed by atoms with E-state index in [1.54, 1.807) is 6.20 Å². The summed E-state index contributed by atoms with van der Waals surface area (Å²) in [5.74, 6) is 1.46. The van der Waals surface area contributed by atoms with Crippen molar-refractivity contribution < 1.29 is 4.79 Å². The molecule has 4 nitrogen and oxygen atoms in total. The second-order valence-corrected chi connectivity index (χ2v) is 7.96. The van der Waals surface area contributed by atoms with E-state index in [9.17, 15) is 4.79 Å². The second-order valence-electron chi connectivity index (χ2n) is 7.96. The van der Waals surface area contributed by atoms with Crippen LogP contribution in [0.15, 0.2) is 67.0 Å². The SMILES string of the molecule is O=C(CCCn1cccn1)NCC1CC2c3ccccc3C1c1ccccc12. The van der Waals surface area contributed by atoms with Gasteiger partial charge in [0.15, 0.2) is 0 Å². The molecular formula is C24H25N3O. The maximum absolute atomic E-state index is 12.4. The van der Waals surface area contributed by atoms with Gasteiger partial charge in [-0.1, -0.05) is 48.5 Å². The van der Waals surface area contributed by atoms with Gasteiger partial charge >= 0.3 is 0 Å². The molecule has 0 saturated carbocycles. The lowest BCUT2D eigenvalue weighted by Gasteiger charge is -2.45. The molecule has 0 spiro atoms. The van der Waals surface area contributed by atoms with Gasteiger partial charge in [-0.05, 0) is 47.1 Å². The fraction of sp³-hybridized carbons (Fsp3) is 0.333. The van der Waals surface area contributed by atoms with Crippen molar-refractivity contribution in [3.8, 4) is 0 Å². The van der Waals surface area contributed by atoms with Gasteiger partial charge in [0.1, 0.15) is 0 Å². The molecule has 0 fully saturated rings. The third-order valence-corrected chi connectivity index (χ3v) is 6.33. The van der Waals surface area contributed by atoms with Gasteiger partial charge in [-0.2, -0.15) is 5.10 Å². The third kappa shape index (κ3) is 3.03.